The van der Waals surface area contributed by atoms with Crippen LogP contribution in [0.15, 0.2) is 54.6 Å². The monoisotopic (exact) mass is 610 g/mol. The quantitative estimate of drug-likeness (QED) is 0.230. The second kappa shape index (κ2) is 18.6. The van der Waals surface area contributed by atoms with Crippen molar-refractivity contribution in [3.8, 4) is 5.75 Å². The molecule has 3 atom stereocenters. The number of amides is 2. The van der Waals surface area contributed by atoms with E-state index in [0.717, 1.165) is 36.1 Å². The van der Waals surface area contributed by atoms with Gasteiger partial charge in [0.2, 0.25) is 11.8 Å². The number of piperidine rings is 1. The third-order valence-corrected chi connectivity index (χ3v) is 7.63. The Balaban J connectivity index is 1.71. The van der Waals surface area contributed by atoms with E-state index in [1.165, 1.54) is 7.11 Å². The van der Waals surface area contributed by atoms with Crippen LogP contribution in [-0.2, 0) is 41.6 Å². The third-order valence-electron chi connectivity index (χ3n) is 7.63. The molecule has 1 saturated heterocycles. The van der Waals surface area contributed by atoms with Gasteiger partial charge in [0.15, 0.2) is 0 Å². The Hall–Kier alpha value is -3.96. The Morgan fingerprint density at radius 2 is 1.64 bits per heavy atom. The Labute approximate surface area is 259 Å². The molecule has 0 saturated carbocycles. The summed E-state index contributed by atoms with van der Waals surface area (Å²) in [6.45, 7) is 2.12. The summed E-state index contributed by atoms with van der Waals surface area (Å²) in [6.07, 6.45) is 2.57. The molecule has 0 aromatic heterocycles. The number of nitrogens with zero attached hydrogens (tertiary/aromatic N) is 1. The number of esters is 2. The van der Waals surface area contributed by atoms with Gasteiger partial charge in [-0.3, -0.25) is 14.4 Å². The van der Waals surface area contributed by atoms with Crippen LogP contribution in [0.3, 0.4) is 0 Å². The topological polar surface area (TPSA) is 149 Å². The van der Waals surface area contributed by atoms with Gasteiger partial charge >= 0.3 is 11.9 Å². The number of rotatable bonds is 17. The summed E-state index contributed by atoms with van der Waals surface area (Å²) in [5.41, 5.74) is 8.58. The highest BCUT2D eigenvalue weighted by Gasteiger charge is 2.30. The van der Waals surface area contributed by atoms with Crippen molar-refractivity contribution in [3.63, 3.8) is 0 Å². The zero-order chi connectivity index (χ0) is 31.7. The van der Waals surface area contributed by atoms with E-state index in [2.05, 4.69) is 15.4 Å². The number of carbonyl (C=O) groups is 4. The molecule has 1 heterocycles. The lowest BCUT2D eigenvalue weighted by Crippen LogP contribution is -2.50. The van der Waals surface area contributed by atoms with E-state index in [4.69, 9.17) is 15.2 Å². The fraction of sp³-hybridized carbons (Fsp3) is 0.515. The predicted octanol–water partition coefficient (Wildman–Crippen LogP) is 2.50. The number of ether oxygens (including phenoxy) is 3. The third kappa shape index (κ3) is 12.0. The van der Waals surface area contributed by atoms with Crippen LogP contribution in [0, 0.1) is 0 Å². The Bertz CT molecular complexity index is 1200. The Morgan fingerprint density at radius 1 is 0.909 bits per heavy atom. The number of hydrogen-bond donors (Lipinski definition) is 3. The molecule has 11 nitrogen and oxygen atoms in total. The first-order chi connectivity index (χ1) is 21.3. The summed E-state index contributed by atoms with van der Waals surface area (Å²) >= 11 is 0. The van der Waals surface area contributed by atoms with Crippen LogP contribution in [0.2, 0.25) is 0 Å². The molecule has 11 heteroatoms. The molecule has 0 aliphatic carbocycles. The van der Waals surface area contributed by atoms with Gasteiger partial charge in [0, 0.05) is 45.1 Å². The number of benzene rings is 2. The molecule has 2 aromatic rings. The first-order valence-corrected chi connectivity index (χ1v) is 15.3. The summed E-state index contributed by atoms with van der Waals surface area (Å²) in [5, 5.41) is 6.00. The number of likely N-dealkylation sites (tertiary alicyclic amines) is 1. The Morgan fingerprint density at radius 3 is 2.34 bits per heavy atom. The predicted molar refractivity (Wildman–Crippen MR) is 166 cm³/mol. The molecule has 1 aliphatic heterocycles. The molecule has 4 N–H and O–H groups in total. The van der Waals surface area contributed by atoms with Crippen LogP contribution in [0.25, 0.3) is 0 Å². The molecular formula is C33H46N4O7. The summed E-state index contributed by atoms with van der Waals surface area (Å²) in [6, 6.07) is 15.7. The first-order valence-electron chi connectivity index (χ1n) is 15.3. The van der Waals surface area contributed by atoms with Gasteiger partial charge in [0.1, 0.15) is 17.9 Å². The highest BCUT2D eigenvalue weighted by molar-refractivity contribution is 5.87. The largest absolute Gasteiger partial charge is 0.497 e. The zero-order valence-electron chi connectivity index (χ0n) is 25.8. The molecule has 0 spiro atoms. The maximum Gasteiger partial charge on any atom is 0.329 e. The van der Waals surface area contributed by atoms with E-state index in [0.29, 0.717) is 26.1 Å². The summed E-state index contributed by atoms with van der Waals surface area (Å²) in [4.78, 5) is 52.5. The molecule has 1 aliphatic rings. The molecule has 2 amide bonds. The zero-order valence-corrected chi connectivity index (χ0v) is 25.8. The lowest BCUT2D eigenvalue weighted by atomic mass is 10.0. The maximum absolute atomic E-state index is 13.6. The van der Waals surface area contributed by atoms with Crippen LogP contribution in [0.1, 0.15) is 56.1 Å². The van der Waals surface area contributed by atoms with Gasteiger partial charge in [-0.2, -0.15) is 0 Å². The molecule has 44 heavy (non-hydrogen) atoms. The van der Waals surface area contributed by atoms with Crippen LogP contribution >= 0.6 is 0 Å². The minimum absolute atomic E-state index is 0.0655. The number of nitrogens with one attached hydrogen (secondary N) is 2. The minimum atomic E-state index is -1.08. The number of methoxy groups -OCH3 is 2. The van der Waals surface area contributed by atoms with Gasteiger partial charge in [-0.25, -0.2) is 4.79 Å². The average Bonchev–Trinajstić information content (AvgIpc) is 3.05. The molecule has 0 radical (unpaired) electrons. The normalized spacial score (nSPS) is 15.0. The molecule has 3 rings (SSSR count). The molecule has 2 aromatic carbocycles. The summed E-state index contributed by atoms with van der Waals surface area (Å²) in [7, 11) is 2.85. The standard InChI is InChI=1S/C33H46N4O7/c1-42-26-13-9-12-25(20-26)22-35-23-29(27(34)21-24-10-5-3-6-11-24)44-33(41)28(36-30(38)15-17-32(40)43-2)14-16-31(39)37-18-7-4-8-19-37/h3,5-6,9-13,20,27-29,35H,4,7-8,14-19,21-23,34H2,1-2H3,(H,36,38)/t27?,28-,29?/m0/s1. The molecule has 240 valence electrons. The fourth-order valence-corrected chi connectivity index (χ4v) is 5.07. The van der Waals surface area contributed by atoms with E-state index < -0.39 is 36.0 Å². The highest BCUT2D eigenvalue weighted by Crippen LogP contribution is 2.15. The van der Waals surface area contributed by atoms with Crippen molar-refractivity contribution in [2.24, 2.45) is 5.73 Å². The maximum atomic E-state index is 13.6. The minimum Gasteiger partial charge on any atom is -0.497 e. The van der Waals surface area contributed by atoms with E-state index in [1.807, 2.05) is 54.6 Å². The number of hydrogen-bond acceptors (Lipinski definition) is 9. The van der Waals surface area contributed by atoms with Crippen molar-refractivity contribution in [2.45, 2.75) is 76.1 Å². The van der Waals surface area contributed by atoms with Crippen molar-refractivity contribution < 1.29 is 33.4 Å². The molecule has 2 unspecified atom stereocenters. The van der Waals surface area contributed by atoms with Crippen molar-refractivity contribution in [1.29, 1.82) is 0 Å². The molecule has 0 bridgehead atoms. The smallest absolute Gasteiger partial charge is 0.329 e. The van der Waals surface area contributed by atoms with Gasteiger partial charge in [0.25, 0.3) is 0 Å². The van der Waals surface area contributed by atoms with Crippen LogP contribution < -0.4 is 21.1 Å². The fourth-order valence-electron chi connectivity index (χ4n) is 5.07. The van der Waals surface area contributed by atoms with Crippen molar-refractivity contribution in [2.75, 3.05) is 33.9 Å². The lowest BCUT2D eigenvalue weighted by molar-refractivity contribution is -0.154. The molecule has 1 fully saturated rings. The van der Waals surface area contributed by atoms with E-state index in [-0.39, 0.29) is 38.1 Å². The van der Waals surface area contributed by atoms with E-state index in [1.54, 1.807) is 12.0 Å². The van der Waals surface area contributed by atoms with Crippen LogP contribution in [0.4, 0.5) is 0 Å². The molecular weight excluding hydrogens is 564 g/mol. The average molecular weight is 611 g/mol. The van der Waals surface area contributed by atoms with Gasteiger partial charge in [-0.1, -0.05) is 42.5 Å². The SMILES string of the molecule is COC(=O)CCC(=O)N[C@@H](CCC(=O)N1CCCCC1)C(=O)OC(CNCc1cccc(OC)c1)C(N)Cc1ccccc1. The van der Waals surface area contributed by atoms with Gasteiger partial charge in [-0.05, 0) is 55.4 Å². The summed E-state index contributed by atoms with van der Waals surface area (Å²) < 4.78 is 15.9. The second-order valence-corrected chi connectivity index (χ2v) is 11.0. The van der Waals surface area contributed by atoms with Crippen molar-refractivity contribution >= 4 is 23.8 Å². The van der Waals surface area contributed by atoms with Gasteiger partial charge in [-0.15, -0.1) is 0 Å². The first kappa shape index (κ1) is 34.5. The van der Waals surface area contributed by atoms with Gasteiger partial charge in [0.05, 0.1) is 20.6 Å². The van der Waals surface area contributed by atoms with Crippen LogP contribution in [0.5, 0.6) is 5.75 Å². The Kier molecular flexibility index (Phi) is 14.6. The van der Waals surface area contributed by atoms with Crippen molar-refractivity contribution in [3.05, 3.63) is 65.7 Å². The van der Waals surface area contributed by atoms with Crippen LogP contribution in [-0.4, -0.2) is 80.7 Å². The van der Waals surface area contributed by atoms with Crippen molar-refractivity contribution in [1.82, 2.24) is 15.5 Å². The second-order valence-electron chi connectivity index (χ2n) is 11.0. The number of carbonyl (C=O) groups excluding carboxylic acids is 4. The lowest BCUT2D eigenvalue weighted by Gasteiger charge is -2.29. The van der Waals surface area contributed by atoms with E-state index in [9.17, 15) is 19.2 Å². The number of nitrogens with two attached hydrogens (primary N) is 1. The van der Waals surface area contributed by atoms with E-state index >= 15 is 0 Å². The van der Waals surface area contributed by atoms with Gasteiger partial charge < -0.3 is 35.5 Å². The summed E-state index contributed by atoms with van der Waals surface area (Å²) in [5.74, 6) is -1.06. The highest BCUT2D eigenvalue weighted by atomic mass is 16.5.